The topological polar surface area (TPSA) is 190 Å². The third-order valence-electron chi connectivity index (χ3n) is 3.03. The number of hydrogen-bond donors (Lipinski definition) is 6. The van der Waals surface area contributed by atoms with Crippen molar-refractivity contribution in [2.24, 2.45) is 0 Å². The van der Waals surface area contributed by atoms with Gasteiger partial charge in [0.25, 0.3) is 0 Å². The maximum atomic E-state index is 11.3. The number of carboxylic acids is 1. The minimum absolute atomic E-state index is 0.0482. The standard InChI is InChI=1S/C9H9BrO3.C6H6O2.C3H5BrO2.CHF3O3S/c10-4-3-8(12)7-2-1-6(11)5-9(7)13;7-5-2-1-3-6(8)4-5;4-2-1-3(5)6;2-1(3,4)8(5,6)7/h1-2,5,11,13H,3-4H2;1-4,7-8H;1-2H2,(H,5,6);(H,5,6,7). The highest BCUT2D eigenvalue weighted by Gasteiger charge is 2.44. The molecule has 0 unspecified atom stereocenters. The summed E-state index contributed by atoms with van der Waals surface area (Å²) >= 11 is 6.10. The van der Waals surface area contributed by atoms with Crippen molar-refractivity contribution < 1.29 is 61.3 Å². The smallest absolute Gasteiger partial charge is 0.508 e. The number of carboxylic acid groups (broad SMARTS) is 1. The number of aromatic hydroxyl groups is 4. The number of carbonyl (C=O) groups excluding carboxylic acids is 1. The lowest BCUT2D eigenvalue weighted by atomic mass is 10.1. The average Bonchev–Trinajstić information content (AvgIpc) is 2.67. The van der Waals surface area contributed by atoms with Gasteiger partial charge in [-0.1, -0.05) is 37.9 Å². The van der Waals surface area contributed by atoms with Gasteiger partial charge in [-0.15, -0.1) is 0 Å². The molecule has 2 aromatic carbocycles. The highest BCUT2D eigenvalue weighted by molar-refractivity contribution is 9.09. The van der Waals surface area contributed by atoms with E-state index >= 15 is 0 Å². The SMILES string of the molecule is O=C(CCBr)c1ccc(O)cc1O.O=C(O)CCBr.O=S(=O)(O)C(F)(F)F.Oc1cccc(O)c1. The summed E-state index contributed by atoms with van der Waals surface area (Å²) in [5.41, 5.74) is -5.29. The molecule has 16 heteroatoms. The first-order valence-electron chi connectivity index (χ1n) is 8.86. The minimum atomic E-state index is -5.84. The molecule has 0 saturated carbocycles. The molecule has 0 bridgehead atoms. The van der Waals surface area contributed by atoms with Crippen molar-refractivity contribution in [2.45, 2.75) is 18.3 Å². The molecule has 0 atom stereocenters. The van der Waals surface area contributed by atoms with E-state index in [0.29, 0.717) is 17.1 Å². The summed E-state index contributed by atoms with van der Waals surface area (Å²) in [4.78, 5) is 20.9. The average molecular weight is 658 g/mol. The number of aliphatic carboxylic acids is 1. The fraction of sp³-hybridized carbons (Fsp3) is 0.263. The maximum Gasteiger partial charge on any atom is 0.522 e. The van der Waals surface area contributed by atoms with E-state index in [1.54, 1.807) is 6.07 Å². The van der Waals surface area contributed by atoms with Crippen LogP contribution in [0.2, 0.25) is 0 Å². The molecule has 198 valence electrons. The van der Waals surface area contributed by atoms with E-state index in [2.05, 4.69) is 31.9 Å². The molecule has 2 rings (SSSR count). The van der Waals surface area contributed by atoms with Gasteiger partial charge in [-0.2, -0.15) is 21.6 Å². The molecule has 0 fully saturated rings. The van der Waals surface area contributed by atoms with Gasteiger partial charge in [0.1, 0.15) is 23.0 Å². The molecule has 6 N–H and O–H groups in total. The fourth-order valence-corrected chi connectivity index (χ4v) is 2.25. The molecule has 0 aliphatic rings. The van der Waals surface area contributed by atoms with Crippen LogP contribution in [0.3, 0.4) is 0 Å². The quantitative estimate of drug-likeness (QED) is 0.116. The Morgan fingerprint density at radius 2 is 1.26 bits per heavy atom. The second-order valence-electron chi connectivity index (χ2n) is 5.84. The van der Waals surface area contributed by atoms with Gasteiger partial charge in [0.2, 0.25) is 0 Å². The predicted octanol–water partition coefficient (Wildman–Crippen LogP) is 4.41. The Balaban J connectivity index is 0. The van der Waals surface area contributed by atoms with Gasteiger partial charge in [0, 0.05) is 29.2 Å². The summed E-state index contributed by atoms with van der Waals surface area (Å²) in [7, 11) is -5.84. The van der Waals surface area contributed by atoms with Crippen molar-refractivity contribution in [3.05, 3.63) is 48.0 Å². The van der Waals surface area contributed by atoms with Gasteiger partial charge < -0.3 is 25.5 Å². The zero-order valence-corrected chi connectivity index (χ0v) is 21.5. The molecule has 0 saturated heterocycles. The van der Waals surface area contributed by atoms with E-state index in [-0.39, 0.29) is 40.8 Å². The zero-order chi connectivity index (χ0) is 27.8. The van der Waals surface area contributed by atoms with Crippen LogP contribution in [0.1, 0.15) is 23.2 Å². The maximum absolute atomic E-state index is 11.3. The third kappa shape index (κ3) is 17.5. The van der Waals surface area contributed by atoms with Gasteiger partial charge in [-0.3, -0.25) is 14.1 Å². The summed E-state index contributed by atoms with van der Waals surface area (Å²) in [6.45, 7) is 0. The summed E-state index contributed by atoms with van der Waals surface area (Å²) in [5, 5.41) is 44.6. The van der Waals surface area contributed by atoms with Crippen molar-refractivity contribution in [3.8, 4) is 23.0 Å². The number of carbonyl (C=O) groups is 2. The summed E-state index contributed by atoms with van der Waals surface area (Å²) in [5.74, 6) is -0.949. The Kier molecular flexibility index (Phi) is 16.8. The van der Waals surface area contributed by atoms with Crippen LogP contribution < -0.4 is 0 Å². The van der Waals surface area contributed by atoms with Gasteiger partial charge in [0.15, 0.2) is 5.78 Å². The fourth-order valence-electron chi connectivity index (χ4n) is 1.55. The van der Waals surface area contributed by atoms with Crippen molar-refractivity contribution in [3.63, 3.8) is 0 Å². The second-order valence-corrected chi connectivity index (χ2v) is 8.84. The third-order valence-corrected chi connectivity index (χ3v) is 4.41. The molecule has 0 aliphatic heterocycles. The lowest BCUT2D eigenvalue weighted by molar-refractivity contribution is -0.136. The monoisotopic (exact) mass is 656 g/mol. The lowest BCUT2D eigenvalue weighted by Gasteiger charge is -2.02. The van der Waals surface area contributed by atoms with Gasteiger partial charge in [0.05, 0.1) is 12.0 Å². The number of halogens is 5. The molecule has 0 aliphatic carbocycles. The number of phenols is 4. The molecular weight excluding hydrogens is 637 g/mol. The van der Waals surface area contributed by atoms with Crippen LogP contribution in [0.4, 0.5) is 13.2 Å². The van der Waals surface area contributed by atoms with Gasteiger partial charge >= 0.3 is 21.6 Å². The molecule has 35 heavy (non-hydrogen) atoms. The van der Waals surface area contributed by atoms with E-state index in [0.717, 1.165) is 6.07 Å². The number of ketones is 1. The van der Waals surface area contributed by atoms with E-state index in [9.17, 15) is 27.9 Å². The largest absolute Gasteiger partial charge is 0.522 e. The van der Waals surface area contributed by atoms with Crippen LogP contribution in [0.15, 0.2) is 42.5 Å². The van der Waals surface area contributed by atoms with Crippen LogP contribution in [0, 0.1) is 0 Å². The molecule has 0 spiro atoms. The Morgan fingerprint density at radius 1 is 0.829 bits per heavy atom. The molecule has 0 amide bonds. The molecule has 0 radical (unpaired) electrons. The Hall–Kier alpha value is -2.56. The normalized spacial score (nSPS) is 10.3. The van der Waals surface area contributed by atoms with E-state index < -0.39 is 21.6 Å². The second kappa shape index (κ2) is 17.0. The van der Waals surface area contributed by atoms with Crippen LogP contribution in [0.25, 0.3) is 0 Å². The Bertz CT molecular complexity index is 1030. The molecule has 0 aromatic heterocycles. The van der Waals surface area contributed by atoms with Gasteiger partial charge in [-0.05, 0) is 24.3 Å². The van der Waals surface area contributed by atoms with Gasteiger partial charge in [-0.25, -0.2) is 0 Å². The molecular formula is C19H21Br2F3O10S. The molecule has 0 heterocycles. The van der Waals surface area contributed by atoms with E-state index in [1.807, 2.05) is 0 Å². The number of benzene rings is 2. The number of Topliss-reactive ketones (excluding diaryl/α,β-unsaturated/α-hetero) is 1. The van der Waals surface area contributed by atoms with Crippen molar-refractivity contribution >= 4 is 53.7 Å². The number of rotatable bonds is 5. The highest BCUT2D eigenvalue weighted by Crippen LogP contribution is 2.23. The zero-order valence-electron chi connectivity index (χ0n) is 17.5. The van der Waals surface area contributed by atoms with Crippen molar-refractivity contribution in [1.29, 1.82) is 0 Å². The number of hydrogen-bond acceptors (Lipinski definition) is 8. The van der Waals surface area contributed by atoms with Crippen molar-refractivity contribution in [2.75, 3.05) is 10.7 Å². The number of alkyl halides is 5. The van der Waals surface area contributed by atoms with Crippen LogP contribution >= 0.6 is 31.9 Å². The minimum Gasteiger partial charge on any atom is -0.508 e. The summed E-state index contributed by atoms with van der Waals surface area (Å²) in [6, 6.07) is 9.79. The summed E-state index contributed by atoms with van der Waals surface area (Å²) in [6.07, 6.45) is 0.540. The predicted molar refractivity (Wildman–Crippen MR) is 126 cm³/mol. The molecule has 2 aromatic rings. The number of phenolic OH excluding ortho intramolecular Hbond substituents is 4. The molecule has 10 nitrogen and oxygen atoms in total. The van der Waals surface area contributed by atoms with E-state index in [4.69, 9.17) is 33.4 Å². The lowest BCUT2D eigenvalue weighted by Crippen LogP contribution is -2.21. The van der Waals surface area contributed by atoms with Crippen LogP contribution in [-0.4, -0.2) is 66.4 Å². The Labute approximate surface area is 214 Å². The first-order valence-corrected chi connectivity index (χ1v) is 12.5. The van der Waals surface area contributed by atoms with Crippen LogP contribution in [-0.2, 0) is 14.9 Å². The summed E-state index contributed by atoms with van der Waals surface area (Å²) < 4.78 is 57.5. The van der Waals surface area contributed by atoms with Crippen LogP contribution in [0.5, 0.6) is 23.0 Å². The first kappa shape index (κ1) is 34.6. The van der Waals surface area contributed by atoms with Crippen molar-refractivity contribution in [1.82, 2.24) is 0 Å². The highest BCUT2D eigenvalue weighted by atomic mass is 79.9. The Morgan fingerprint density at radius 3 is 1.51 bits per heavy atom. The van der Waals surface area contributed by atoms with E-state index in [1.165, 1.54) is 30.3 Å². The first-order chi connectivity index (χ1) is 16.0.